The van der Waals surface area contributed by atoms with Crippen LogP contribution >= 0.6 is 0 Å². The van der Waals surface area contributed by atoms with Crippen LogP contribution in [0.5, 0.6) is 5.75 Å². The maximum Gasteiger partial charge on any atom is 0.118 e. The van der Waals surface area contributed by atoms with Crippen molar-refractivity contribution in [2.24, 2.45) is 0 Å². The fourth-order valence-electron chi connectivity index (χ4n) is 4.02. The van der Waals surface area contributed by atoms with E-state index in [4.69, 9.17) is 4.74 Å². The van der Waals surface area contributed by atoms with Crippen molar-refractivity contribution in [1.29, 1.82) is 0 Å². The summed E-state index contributed by atoms with van der Waals surface area (Å²) in [6.45, 7) is 2.26. The van der Waals surface area contributed by atoms with Crippen LogP contribution in [0.15, 0.2) is 84.9 Å². The number of hydrogen-bond acceptors (Lipinski definition) is 1. The second kappa shape index (κ2) is 9.63. The quantitative estimate of drug-likeness (QED) is 0.273. The molecule has 0 radical (unpaired) electrons. The van der Waals surface area contributed by atoms with E-state index in [1.807, 2.05) is 12.1 Å². The van der Waals surface area contributed by atoms with Crippen LogP contribution in [-0.2, 0) is 6.42 Å². The van der Waals surface area contributed by atoms with E-state index in [1.165, 1.54) is 70.7 Å². The standard InChI is InChI=1S/C29H30O/c1-3-4-5-6-7-22-8-9-28-21-27(15-14-26(28)20-22)25-12-10-23(11-13-25)24-16-18-29(30-2)19-17-24/h8-21H,3-7H2,1-2H3. The Bertz CT molecular complexity index is 1090. The Morgan fingerprint density at radius 3 is 1.80 bits per heavy atom. The van der Waals surface area contributed by atoms with Gasteiger partial charge in [0.1, 0.15) is 5.75 Å². The Hall–Kier alpha value is -3.06. The van der Waals surface area contributed by atoms with E-state index in [0.717, 1.165) is 5.75 Å². The lowest BCUT2D eigenvalue weighted by molar-refractivity contribution is 0.415. The second-order valence-corrected chi connectivity index (χ2v) is 8.01. The van der Waals surface area contributed by atoms with Crippen LogP contribution < -0.4 is 4.74 Å². The summed E-state index contributed by atoms with van der Waals surface area (Å²) in [6.07, 6.45) is 6.44. The fourth-order valence-corrected chi connectivity index (χ4v) is 4.02. The zero-order valence-electron chi connectivity index (χ0n) is 18.0. The third kappa shape index (κ3) is 4.74. The zero-order chi connectivity index (χ0) is 20.8. The zero-order valence-corrected chi connectivity index (χ0v) is 18.0. The van der Waals surface area contributed by atoms with E-state index in [-0.39, 0.29) is 0 Å². The van der Waals surface area contributed by atoms with Crippen LogP contribution in [0.1, 0.15) is 38.2 Å². The second-order valence-electron chi connectivity index (χ2n) is 8.01. The SMILES string of the molecule is CCCCCCc1ccc2cc(-c3ccc(-c4ccc(OC)cc4)cc3)ccc2c1. The first-order valence-corrected chi connectivity index (χ1v) is 11.0. The van der Waals surface area contributed by atoms with Gasteiger partial charge in [0.25, 0.3) is 0 Å². The summed E-state index contributed by atoms with van der Waals surface area (Å²) >= 11 is 0. The highest BCUT2D eigenvalue weighted by Gasteiger charge is 2.04. The van der Waals surface area contributed by atoms with Crippen molar-refractivity contribution >= 4 is 10.8 Å². The fraction of sp³-hybridized carbons (Fsp3) is 0.241. The molecule has 4 aromatic carbocycles. The molecule has 0 aliphatic heterocycles. The molecular formula is C29H30O. The third-order valence-corrected chi connectivity index (χ3v) is 5.87. The molecule has 4 aromatic rings. The summed E-state index contributed by atoms with van der Waals surface area (Å²) in [5.41, 5.74) is 6.38. The van der Waals surface area contributed by atoms with Crippen molar-refractivity contribution in [3.63, 3.8) is 0 Å². The summed E-state index contributed by atoms with van der Waals surface area (Å²) in [7, 11) is 1.70. The molecule has 30 heavy (non-hydrogen) atoms. The Kier molecular flexibility index (Phi) is 6.49. The first kappa shape index (κ1) is 20.2. The van der Waals surface area contributed by atoms with Crippen molar-refractivity contribution in [3.8, 4) is 28.0 Å². The predicted molar refractivity (Wildman–Crippen MR) is 129 cm³/mol. The Balaban J connectivity index is 1.51. The number of ether oxygens (including phenoxy) is 1. The summed E-state index contributed by atoms with van der Waals surface area (Å²) in [5.74, 6) is 0.885. The number of benzene rings is 4. The first-order chi connectivity index (χ1) is 14.8. The van der Waals surface area contributed by atoms with Gasteiger partial charge in [-0.2, -0.15) is 0 Å². The van der Waals surface area contributed by atoms with Crippen molar-refractivity contribution < 1.29 is 4.74 Å². The summed E-state index contributed by atoms with van der Waals surface area (Å²) in [6, 6.07) is 30.8. The third-order valence-electron chi connectivity index (χ3n) is 5.87. The van der Waals surface area contributed by atoms with Gasteiger partial charge in [-0.15, -0.1) is 0 Å². The van der Waals surface area contributed by atoms with Gasteiger partial charge in [0, 0.05) is 0 Å². The molecule has 0 fully saturated rings. The minimum Gasteiger partial charge on any atom is -0.497 e. The van der Waals surface area contributed by atoms with Gasteiger partial charge >= 0.3 is 0 Å². The van der Waals surface area contributed by atoms with E-state index in [2.05, 4.69) is 79.7 Å². The lowest BCUT2D eigenvalue weighted by atomic mass is 9.97. The first-order valence-electron chi connectivity index (χ1n) is 11.0. The molecule has 152 valence electrons. The van der Waals surface area contributed by atoms with Crippen LogP contribution in [0, 0.1) is 0 Å². The van der Waals surface area contributed by atoms with Crippen LogP contribution in [0.4, 0.5) is 0 Å². The molecule has 0 spiro atoms. The van der Waals surface area contributed by atoms with Gasteiger partial charge in [-0.25, -0.2) is 0 Å². The highest BCUT2D eigenvalue weighted by atomic mass is 16.5. The van der Waals surface area contributed by atoms with Gasteiger partial charge in [-0.05, 0) is 69.6 Å². The van der Waals surface area contributed by atoms with Crippen molar-refractivity contribution in [2.45, 2.75) is 39.0 Å². The number of methoxy groups -OCH3 is 1. The van der Waals surface area contributed by atoms with Gasteiger partial charge in [-0.3, -0.25) is 0 Å². The molecule has 1 nitrogen and oxygen atoms in total. The van der Waals surface area contributed by atoms with E-state index in [9.17, 15) is 0 Å². The number of hydrogen-bond donors (Lipinski definition) is 0. The minimum absolute atomic E-state index is 0.885. The lowest BCUT2D eigenvalue weighted by Crippen LogP contribution is -1.87. The van der Waals surface area contributed by atoms with E-state index in [1.54, 1.807) is 7.11 Å². The summed E-state index contributed by atoms with van der Waals surface area (Å²) in [5, 5.41) is 2.64. The maximum atomic E-state index is 5.25. The van der Waals surface area contributed by atoms with Crippen LogP contribution in [-0.4, -0.2) is 7.11 Å². The van der Waals surface area contributed by atoms with Gasteiger partial charge in [-0.1, -0.05) is 92.9 Å². The van der Waals surface area contributed by atoms with Gasteiger partial charge in [0.05, 0.1) is 7.11 Å². The highest BCUT2D eigenvalue weighted by molar-refractivity contribution is 5.88. The Morgan fingerprint density at radius 1 is 0.567 bits per heavy atom. The molecule has 0 unspecified atom stereocenters. The van der Waals surface area contributed by atoms with Crippen molar-refractivity contribution in [1.82, 2.24) is 0 Å². The molecule has 0 aliphatic rings. The molecule has 0 N–H and O–H groups in total. The summed E-state index contributed by atoms with van der Waals surface area (Å²) in [4.78, 5) is 0. The number of aryl methyl sites for hydroxylation is 1. The molecule has 0 aliphatic carbocycles. The van der Waals surface area contributed by atoms with Gasteiger partial charge in [0.15, 0.2) is 0 Å². The molecular weight excluding hydrogens is 364 g/mol. The van der Waals surface area contributed by atoms with E-state index in [0.29, 0.717) is 0 Å². The lowest BCUT2D eigenvalue weighted by Gasteiger charge is -2.08. The molecule has 0 saturated heterocycles. The normalized spacial score (nSPS) is 11.0. The van der Waals surface area contributed by atoms with Crippen LogP contribution in [0.25, 0.3) is 33.0 Å². The maximum absolute atomic E-state index is 5.25. The molecule has 0 amide bonds. The predicted octanol–water partition coefficient (Wildman–Crippen LogP) is 8.31. The largest absolute Gasteiger partial charge is 0.497 e. The molecule has 1 heteroatoms. The molecule has 0 bridgehead atoms. The van der Waals surface area contributed by atoms with Gasteiger partial charge in [0.2, 0.25) is 0 Å². The van der Waals surface area contributed by atoms with Crippen molar-refractivity contribution in [3.05, 3.63) is 90.5 Å². The average molecular weight is 395 g/mol. The van der Waals surface area contributed by atoms with E-state index < -0.39 is 0 Å². The molecule has 0 heterocycles. The molecule has 0 aromatic heterocycles. The molecule has 4 rings (SSSR count). The topological polar surface area (TPSA) is 9.23 Å². The monoisotopic (exact) mass is 394 g/mol. The Labute approximate surface area is 180 Å². The number of unbranched alkanes of at least 4 members (excludes halogenated alkanes) is 3. The van der Waals surface area contributed by atoms with Crippen LogP contribution in [0.2, 0.25) is 0 Å². The number of rotatable bonds is 8. The highest BCUT2D eigenvalue weighted by Crippen LogP contribution is 2.29. The van der Waals surface area contributed by atoms with Gasteiger partial charge < -0.3 is 4.74 Å². The molecule has 0 atom stereocenters. The average Bonchev–Trinajstić information content (AvgIpc) is 2.81. The smallest absolute Gasteiger partial charge is 0.118 e. The summed E-state index contributed by atoms with van der Waals surface area (Å²) < 4.78 is 5.25. The number of fused-ring (bicyclic) bond motifs is 1. The van der Waals surface area contributed by atoms with Crippen molar-refractivity contribution in [2.75, 3.05) is 7.11 Å². The molecule has 0 saturated carbocycles. The minimum atomic E-state index is 0.885. The Morgan fingerprint density at radius 2 is 1.13 bits per heavy atom. The van der Waals surface area contributed by atoms with Crippen LogP contribution in [0.3, 0.4) is 0 Å². The van der Waals surface area contributed by atoms with E-state index >= 15 is 0 Å².